The Morgan fingerprint density at radius 2 is 2.50 bits per heavy atom. The van der Waals surface area contributed by atoms with E-state index in [9.17, 15) is 4.79 Å². The highest BCUT2D eigenvalue weighted by atomic mass is 16.1. The largest absolute Gasteiger partial charge is 0.391 e. The van der Waals surface area contributed by atoms with Crippen LogP contribution >= 0.6 is 0 Å². The molecule has 0 amide bonds. The maximum atomic E-state index is 11.0. The molecule has 0 spiro atoms. The molecule has 0 saturated carbocycles. The Kier molecular flexibility index (Phi) is 3.32. The summed E-state index contributed by atoms with van der Waals surface area (Å²) in [6, 6.07) is 0. The molecule has 2 atom stereocenters. The van der Waals surface area contributed by atoms with Crippen LogP contribution in [-0.2, 0) is 4.79 Å². The first-order chi connectivity index (χ1) is 5.70. The fourth-order valence-corrected chi connectivity index (χ4v) is 1.51. The minimum Gasteiger partial charge on any atom is -0.391 e. The smallest absolute Gasteiger partial charge is 0.132 e. The lowest BCUT2D eigenvalue weighted by Gasteiger charge is -2.21. The van der Waals surface area contributed by atoms with Gasteiger partial charge in [0.25, 0.3) is 0 Å². The molecule has 0 bridgehead atoms. The van der Waals surface area contributed by atoms with Gasteiger partial charge < -0.3 is 5.32 Å². The summed E-state index contributed by atoms with van der Waals surface area (Å²) in [5, 5.41) is 3.19. The first kappa shape index (κ1) is 9.30. The van der Waals surface area contributed by atoms with Gasteiger partial charge in [-0.1, -0.05) is 13.0 Å². The lowest BCUT2D eigenvalue weighted by atomic mass is 9.90. The second-order valence-electron chi connectivity index (χ2n) is 3.66. The summed E-state index contributed by atoms with van der Waals surface area (Å²) in [7, 11) is 0. The van der Waals surface area contributed by atoms with E-state index in [1.165, 1.54) is 0 Å². The second kappa shape index (κ2) is 4.29. The standard InChI is InChI=1S/C10H17NO/c1-8(9(2)12)6-10-4-3-5-11-7-10/h3,5,8,10-11H,4,6-7H2,1-2H3/t8-,10?/m0/s1. The maximum Gasteiger partial charge on any atom is 0.132 e. The van der Waals surface area contributed by atoms with Crippen LogP contribution in [0, 0.1) is 11.8 Å². The van der Waals surface area contributed by atoms with Crippen LogP contribution in [0.25, 0.3) is 0 Å². The van der Waals surface area contributed by atoms with Crippen molar-refractivity contribution in [1.29, 1.82) is 0 Å². The molecule has 1 aliphatic heterocycles. The first-order valence-electron chi connectivity index (χ1n) is 4.59. The predicted molar refractivity (Wildman–Crippen MR) is 49.7 cm³/mol. The van der Waals surface area contributed by atoms with Gasteiger partial charge in [0.15, 0.2) is 0 Å². The number of nitrogens with one attached hydrogen (secondary N) is 1. The van der Waals surface area contributed by atoms with E-state index >= 15 is 0 Å². The van der Waals surface area contributed by atoms with Crippen molar-refractivity contribution in [3.63, 3.8) is 0 Å². The Morgan fingerprint density at radius 3 is 3.00 bits per heavy atom. The lowest BCUT2D eigenvalue weighted by Crippen LogP contribution is -2.24. The molecular weight excluding hydrogens is 150 g/mol. The van der Waals surface area contributed by atoms with Gasteiger partial charge in [-0.2, -0.15) is 0 Å². The molecule has 1 heterocycles. The third-order valence-electron chi connectivity index (χ3n) is 2.49. The summed E-state index contributed by atoms with van der Waals surface area (Å²) in [4.78, 5) is 11.0. The minimum atomic E-state index is 0.225. The van der Waals surface area contributed by atoms with Gasteiger partial charge in [-0.15, -0.1) is 0 Å². The molecule has 0 fully saturated rings. The molecule has 1 unspecified atom stereocenters. The molecule has 0 aliphatic carbocycles. The molecule has 68 valence electrons. The SMILES string of the molecule is CC(=O)[C@@H](C)CC1CC=CNC1. The molecule has 1 N–H and O–H groups in total. The predicted octanol–water partition coefficient (Wildman–Crippen LogP) is 1.72. The monoisotopic (exact) mass is 167 g/mol. The molecule has 2 heteroatoms. The van der Waals surface area contributed by atoms with E-state index in [0.717, 1.165) is 19.4 Å². The van der Waals surface area contributed by atoms with Crippen LogP contribution in [0.5, 0.6) is 0 Å². The Balaban J connectivity index is 2.30. The number of ketones is 1. The third kappa shape index (κ3) is 2.68. The van der Waals surface area contributed by atoms with Gasteiger partial charge in [0.1, 0.15) is 5.78 Å². The van der Waals surface area contributed by atoms with Gasteiger partial charge in [-0.05, 0) is 31.9 Å². The lowest BCUT2D eigenvalue weighted by molar-refractivity contribution is -0.120. The van der Waals surface area contributed by atoms with E-state index in [1.54, 1.807) is 6.92 Å². The molecule has 1 rings (SSSR count). The Bertz CT molecular complexity index is 186. The van der Waals surface area contributed by atoms with Crippen LogP contribution in [0.2, 0.25) is 0 Å². The summed E-state index contributed by atoms with van der Waals surface area (Å²) in [6.07, 6.45) is 6.27. The van der Waals surface area contributed by atoms with E-state index in [2.05, 4.69) is 11.4 Å². The van der Waals surface area contributed by atoms with Crippen LogP contribution in [-0.4, -0.2) is 12.3 Å². The summed E-state index contributed by atoms with van der Waals surface area (Å²) in [5.74, 6) is 1.18. The number of hydrogen-bond donors (Lipinski definition) is 1. The van der Waals surface area contributed by atoms with Gasteiger partial charge >= 0.3 is 0 Å². The highest BCUT2D eigenvalue weighted by Crippen LogP contribution is 2.18. The Labute approximate surface area is 74.0 Å². The van der Waals surface area contributed by atoms with Gasteiger partial charge in [0.2, 0.25) is 0 Å². The van der Waals surface area contributed by atoms with Crippen molar-refractivity contribution >= 4 is 5.78 Å². The number of hydrogen-bond acceptors (Lipinski definition) is 2. The zero-order valence-corrected chi connectivity index (χ0v) is 7.84. The van der Waals surface area contributed by atoms with Gasteiger partial charge in [-0.3, -0.25) is 4.79 Å². The van der Waals surface area contributed by atoms with E-state index < -0.39 is 0 Å². The van der Waals surface area contributed by atoms with Crippen LogP contribution < -0.4 is 5.32 Å². The minimum absolute atomic E-state index is 0.225. The molecule has 12 heavy (non-hydrogen) atoms. The maximum absolute atomic E-state index is 11.0. The first-order valence-corrected chi connectivity index (χ1v) is 4.59. The fourth-order valence-electron chi connectivity index (χ4n) is 1.51. The average Bonchev–Trinajstić information content (AvgIpc) is 2.06. The normalized spacial score (nSPS) is 24.7. The van der Waals surface area contributed by atoms with E-state index in [1.807, 2.05) is 13.1 Å². The van der Waals surface area contributed by atoms with E-state index in [4.69, 9.17) is 0 Å². The zero-order chi connectivity index (χ0) is 8.97. The molecule has 2 nitrogen and oxygen atoms in total. The zero-order valence-electron chi connectivity index (χ0n) is 7.84. The van der Waals surface area contributed by atoms with Crippen molar-refractivity contribution in [2.24, 2.45) is 11.8 Å². The van der Waals surface area contributed by atoms with Crippen molar-refractivity contribution in [2.45, 2.75) is 26.7 Å². The molecule has 0 saturated heterocycles. The fraction of sp³-hybridized carbons (Fsp3) is 0.700. The second-order valence-corrected chi connectivity index (χ2v) is 3.66. The molecule has 0 aromatic heterocycles. The van der Waals surface area contributed by atoms with E-state index in [-0.39, 0.29) is 5.92 Å². The number of carbonyl (C=O) groups excluding carboxylic acids is 1. The van der Waals surface area contributed by atoms with Crippen molar-refractivity contribution in [2.75, 3.05) is 6.54 Å². The quantitative estimate of drug-likeness (QED) is 0.693. The van der Waals surface area contributed by atoms with E-state index in [0.29, 0.717) is 11.7 Å². The van der Waals surface area contributed by atoms with Crippen LogP contribution in [0.4, 0.5) is 0 Å². The van der Waals surface area contributed by atoms with Crippen LogP contribution in [0.3, 0.4) is 0 Å². The van der Waals surface area contributed by atoms with Crippen LogP contribution in [0.1, 0.15) is 26.7 Å². The van der Waals surface area contributed by atoms with Crippen LogP contribution in [0.15, 0.2) is 12.3 Å². The highest BCUT2D eigenvalue weighted by molar-refractivity contribution is 5.77. The topological polar surface area (TPSA) is 29.1 Å². The van der Waals surface area contributed by atoms with Crippen molar-refractivity contribution < 1.29 is 4.79 Å². The van der Waals surface area contributed by atoms with Gasteiger partial charge in [0.05, 0.1) is 0 Å². The number of Topliss-reactive ketones (excluding diaryl/α,β-unsaturated/α-hetero) is 1. The average molecular weight is 167 g/mol. The molecule has 0 aromatic carbocycles. The van der Waals surface area contributed by atoms with Crippen molar-refractivity contribution in [3.05, 3.63) is 12.3 Å². The third-order valence-corrected chi connectivity index (χ3v) is 2.49. The number of allylic oxidation sites excluding steroid dienone is 1. The molecule has 0 aromatic rings. The molecule has 0 radical (unpaired) electrons. The summed E-state index contributed by atoms with van der Waals surface area (Å²) >= 11 is 0. The highest BCUT2D eigenvalue weighted by Gasteiger charge is 2.16. The Hall–Kier alpha value is -0.790. The van der Waals surface area contributed by atoms with Gasteiger partial charge in [0, 0.05) is 12.5 Å². The Morgan fingerprint density at radius 1 is 1.75 bits per heavy atom. The number of carbonyl (C=O) groups is 1. The molecular formula is C10H17NO. The van der Waals surface area contributed by atoms with Crippen molar-refractivity contribution in [3.8, 4) is 0 Å². The number of rotatable bonds is 3. The summed E-state index contributed by atoms with van der Waals surface area (Å²) in [5.41, 5.74) is 0. The summed E-state index contributed by atoms with van der Waals surface area (Å²) in [6.45, 7) is 4.71. The van der Waals surface area contributed by atoms with Gasteiger partial charge in [-0.25, -0.2) is 0 Å². The summed E-state index contributed by atoms with van der Waals surface area (Å²) < 4.78 is 0. The van der Waals surface area contributed by atoms with Crippen molar-refractivity contribution in [1.82, 2.24) is 5.32 Å². The molecule has 1 aliphatic rings.